The lowest BCUT2D eigenvalue weighted by atomic mass is 10.2. The topological polar surface area (TPSA) is 29.1 Å². The Labute approximate surface area is 101 Å². The van der Waals surface area contributed by atoms with E-state index in [9.17, 15) is 4.79 Å². The lowest BCUT2D eigenvalue weighted by molar-refractivity contribution is -0.116. The number of benzene rings is 1. The van der Waals surface area contributed by atoms with Crippen molar-refractivity contribution in [3.63, 3.8) is 0 Å². The third kappa shape index (κ3) is 4.99. The number of carbonyl (C=O) groups is 1. The van der Waals surface area contributed by atoms with Gasteiger partial charge in [0.15, 0.2) is 0 Å². The molecule has 0 unspecified atom stereocenters. The SMILES string of the molecule is CCCCNC(=O)/C=C/c1cccc(Cl)c1. The van der Waals surface area contributed by atoms with E-state index < -0.39 is 0 Å². The van der Waals surface area contributed by atoms with Gasteiger partial charge in [-0.1, -0.05) is 37.1 Å². The molecule has 86 valence electrons. The van der Waals surface area contributed by atoms with Crippen LogP contribution in [0.25, 0.3) is 6.08 Å². The van der Waals surface area contributed by atoms with Crippen LogP contribution in [0.1, 0.15) is 25.3 Å². The van der Waals surface area contributed by atoms with E-state index in [1.807, 2.05) is 18.2 Å². The first-order valence-electron chi connectivity index (χ1n) is 5.44. The highest BCUT2D eigenvalue weighted by Gasteiger charge is 1.94. The van der Waals surface area contributed by atoms with E-state index in [0.717, 1.165) is 24.9 Å². The molecule has 0 radical (unpaired) electrons. The summed E-state index contributed by atoms with van der Waals surface area (Å²) in [7, 11) is 0. The Balaban J connectivity index is 2.44. The Morgan fingerprint density at radius 3 is 3.00 bits per heavy atom. The van der Waals surface area contributed by atoms with Gasteiger partial charge in [0.2, 0.25) is 5.91 Å². The smallest absolute Gasteiger partial charge is 0.243 e. The zero-order valence-corrected chi connectivity index (χ0v) is 10.1. The second-order valence-electron chi connectivity index (χ2n) is 3.53. The lowest BCUT2D eigenvalue weighted by Gasteiger charge is -1.99. The van der Waals surface area contributed by atoms with Crippen LogP contribution in [0.4, 0.5) is 0 Å². The molecule has 2 nitrogen and oxygen atoms in total. The molecule has 0 aliphatic rings. The number of amides is 1. The normalized spacial score (nSPS) is 10.6. The average molecular weight is 238 g/mol. The van der Waals surface area contributed by atoms with E-state index >= 15 is 0 Å². The summed E-state index contributed by atoms with van der Waals surface area (Å²) in [6.07, 6.45) is 5.38. The minimum atomic E-state index is -0.0616. The molecule has 0 saturated carbocycles. The summed E-state index contributed by atoms with van der Waals surface area (Å²) >= 11 is 5.83. The fourth-order valence-electron chi connectivity index (χ4n) is 1.23. The molecule has 1 aromatic rings. The maximum absolute atomic E-state index is 11.3. The first kappa shape index (κ1) is 12.8. The quantitative estimate of drug-likeness (QED) is 0.618. The summed E-state index contributed by atoms with van der Waals surface area (Å²) in [6.45, 7) is 2.82. The van der Waals surface area contributed by atoms with Crippen molar-refractivity contribution < 1.29 is 4.79 Å². The maximum Gasteiger partial charge on any atom is 0.243 e. The van der Waals surface area contributed by atoms with Crippen molar-refractivity contribution >= 4 is 23.6 Å². The standard InChI is InChI=1S/C13H16ClNO/c1-2-3-9-15-13(16)8-7-11-5-4-6-12(14)10-11/h4-8,10H,2-3,9H2,1H3,(H,15,16)/b8-7+. The molecule has 0 aliphatic heterocycles. The third-order valence-corrected chi connectivity index (χ3v) is 2.34. The fourth-order valence-corrected chi connectivity index (χ4v) is 1.43. The van der Waals surface area contributed by atoms with E-state index in [2.05, 4.69) is 12.2 Å². The molecule has 0 aromatic heterocycles. The Bertz CT molecular complexity index is 374. The van der Waals surface area contributed by atoms with Gasteiger partial charge in [-0.3, -0.25) is 4.79 Å². The van der Waals surface area contributed by atoms with Crippen LogP contribution in [0.5, 0.6) is 0 Å². The van der Waals surface area contributed by atoms with Gasteiger partial charge in [-0.15, -0.1) is 0 Å². The average Bonchev–Trinajstić information content (AvgIpc) is 2.27. The van der Waals surface area contributed by atoms with Crippen molar-refractivity contribution in [3.8, 4) is 0 Å². The number of nitrogens with one attached hydrogen (secondary N) is 1. The summed E-state index contributed by atoms with van der Waals surface area (Å²) in [6, 6.07) is 7.39. The monoisotopic (exact) mass is 237 g/mol. The number of unbranched alkanes of at least 4 members (excludes halogenated alkanes) is 1. The Morgan fingerprint density at radius 2 is 2.31 bits per heavy atom. The van der Waals surface area contributed by atoms with Gasteiger partial charge in [-0.25, -0.2) is 0 Å². The molecule has 0 saturated heterocycles. The van der Waals surface area contributed by atoms with Crippen molar-refractivity contribution in [2.75, 3.05) is 6.54 Å². The van der Waals surface area contributed by atoms with Gasteiger partial charge in [0.1, 0.15) is 0 Å². The van der Waals surface area contributed by atoms with Crippen LogP contribution >= 0.6 is 11.6 Å². The van der Waals surface area contributed by atoms with Gasteiger partial charge in [0.25, 0.3) is 0 Å². The van der Waals surface area contributed by atoms with Crippen LogP contribution in [-0.4, -0.2) is 12.5 Å². The molecular formula is C13H16ClNO. The van der Waals surface area contributed by atoms with Crippen molar-refractivity contribution in [2.24, 2.45) is 0 Å². The minimum Gasteiger partial charge on any atom is -0.353 e. The van der Waals surface area contributed by atoms with Gasteiger partial charge in [-0.2, -0.15) is 0 Å². The van der Waals surface area contributed by atoms with Crippen molar-refractivity contribution in [1.29, 1.82) is 0 Å². The van der Waals surface area contributed by atoms with Crippen LogP contribution in [-0.2, 0) is 4.79 Å². The van der Waals surface area contributed by atoms with Crippen molar-refractivity contribution in [3.05, 3.63) is 40.9 Å². The van der Waals surface area contributed by atoms with Crippen LogP contribution < -0.4 is 5.32 Å². The maximum atomic E-state index is 11.3. The fraction of sp³-hybridized carbons (Fsp3) is 0.308. The van der Waals surface area contributed by atoms with Crippen LogP contribution in [0, 0.1) is 0 Å². The molecule has 0 atom stereocenters. The van der Waals surface area contributed by atoms with Crippen LogP contribution in [0.15, 0.2) is 30.3 Å². The molecule has 0 heterocycles. The molecule has 1 amide bonds. The summed E-state index contributed by atoms with van der Waals surface area (Å²) < 4.78 is 0. The molecule has 0 aliphatic carbocycles. The number of hydrogen-bond acceptors (Lipinski definition) is 1. The van der Waals surface area contributed by atoms with Gasteiger partial charge in [0, 0.05) is 17.6 Å². The Hall–Kier alpha value is -1.28. The molecule has 3 heteroatoms. The van der Waals surface area contributed by atoms with Gasteiger partial charge >= 0.3 is 0 Å². The molecular weight excluding hydrogens is 222 g/mol. The molecule has 1 aromatic carbocycles. The zero-order valence-electron chi connectivity index (χ0n) is 9.37. The molecule has 0 bridgehead atoms. The molecule has 16 heavy (non-hydrogen) atoms. The van der Waals surface area contributed by atoms with E-state index in [-0.39, 0.29) is 5.91 Å². The Kier molecular flexibility index (Phi) is 5.65. The molecule has 1 rings (SSSR count). The van der Waals surface area contributed by atoms with Crippen molar-refractivity contribution in [1.82, 2.24) is 5.32 Å². The van der Waals surface area contributed by atoms with Crippen molar-refractivity contribution in [2.45, 2.75) is 19.8 Å². The number of hydrogen-bond donors (Lipinski definition) is 1. The first-order valence-corrected chi connectivity index (χ1v) is 5.81. The zero-order chi connectivity index (χ0) is 11.8. The van der Waals surface area contributed by atoms with Gasteiger partial charge in [0.05, 0.1) is 0 Å². The van der Waals surface area contributed by atoms with E-state index in [1.165, 1.54) is 6.08 Å². The second kappa shape index (κ2) is 7.07. The second-order valence-corrected chi connectivity index (χ2v) is 3.97. The molecule has 0 fully saturated rings. The van der Waals surface area contributed by atoms with Crippen LogP contribution in [0.3, 0.4) is 0 Å². The van der Waals surface area contributed by atoms with E-state index in [4.69, 9.17) is 11.6 Å². The molecule has 0 spiro atoms. The highest BCUT2D eigenvalue weighted by Crippen LogP contribution is 2.11. The predicted molar refractivity (Wildman–Crippen MR) is 68.4 cm³/mol. The van der Waals surface area contributed by atoms with E-state index in [0.29, 0.717) is 5.02 Å². The number of carbonyl (C=O) groups excluding carboxylic acids is 1. The van der Waals surface area contributed by atoms with Gasteiger partial charge < -0.3 is 5.32 Å². The summed E-state index contributed by atoms with van der Waals surface area (Å²) in [5.41, 5.74) is 0.929. The first-order chi connectivity index (χ1) is 7.72. The van der Waals surface area contributed by atoms with Crippen LogP contribution in [0.2, 0.25) is 5.02 Å². The third-order valence-electron chi connectivity index (χ3n) is 2.11. The summed E-state index contributed by atoms with van der Waals surface area (Å²) in [4.78, 5) is 11.3. The highest BCUT2D eigenvalue weighted by atomic mass is 35.5. The summed E-state index contributed by atoms with van der Waals surface area (Å²) in [5, 5.41) is 3.48. The predicted octanol–water partition coefficient (Wildman–Crippen LogP) is 3.27. The largest absolute Gasteiger partial charge is 0.353 e. The number of halogens is 1. The lowest BCUT2D eigenvalue weighted by Crippen LogP contribution is -2.21. The number of rotatable bonds is 5. The minimum absolute atomic E-state index is 0.0616. The molecule has 1 N–H and O–H groups in total. The highest BCUT2D eigenvalue weighted by molar-refractivity contribution is 6.30. The van der Waals surface area contributed by atoms with E-state index in [1.54, 1.807) is 12.1 Å². The van der Waals surface area contributed by atoms with Gasteiger partial charge in [-0.05, 0) is 30.2 Å². The summed E-state index contributed by atoms with van der Waals surface area (Å²) in [5.74, 6) is -0.0616. The Morgan fingerprint density at radius 1 is 1.50 bits per heavy atom.